The summed E-state index contributed by atoms with van der Waals surface area (Å²) in [7, 11) is 1.62. The molecule has 1 aromatic rings. The zero-order chi connectivity index (χ0) is 16.2. The molecule has 0 spiro atoms. The van der Waals surface area contributed by atoms with Crippen LogP contribution in [0.3, 0.4) is 0 Å². The monoisotopic (exact) mass is 350 g/mol. The first-order chi connectivity index (χ1) is 11.2. The van der Waals surface area contributed by atoms with Crippen molar-refractivity contribution in [2.45, 2.75) is 0 Å². The van der Waals surface area contributed by atoms with Crippen molar-refractivity contribution in [2.75, 3.05) is 40.1 Å². The van der Waals surface area contributed by atoms with Crippen LogP contribution in [0, 0.1) is 0 Å². The third kappa shape index (κ3) is 3.74. The van der Waals surface area contributed by atoms with Crippen LogP contribution >= 0.6 is 24.0 Å². The first-order valence-electron chi connectivity index (χ1n) is 7.37. The van der Waals surface area contributed by atoms with Gasteiger partial charge in [-0.25, -0.2) is 0 Å². The maximum atomic E-state index is 12.6. The fourth-order valence-corrected chi connectivity index (χ4v) is 3.72. The van der Waals surface area contributed by atoms with Crippen molar-refractivity contribution >= 4 is 40.3 Å². The normalized spacial score (nSPS) is 21.3. The molecule has 0 aromatic heterocycles. The number of ether oxygens (including phenoxy) is 2. The Balaban J connectivity index is 1.76. The first kappa shape index (κ1) is 16.4. The summed E-state index contributed by atoms with van der Waals surface area (Å²) in [5.74, 6) is 0.698. The predicted octanol–water partition coefficient (Wildman–Crippen LogP) is 2.19. The van der Waals surface area contributed by atoms with Crippen LogP contribution in [0.2, 0.25) is 0 Å². The maximum absolute atomic E-state index is 12.6. The van der Waals surface area contributed by atoms with Gasteiger partial charge in [0.05, 0.1) is 31.9 Å². The lowest BCUT2D eigenvalue weighted by molar-refractivity contribution is -0.124. The van der Waals surface area contributed by atoms with Gasteiger partial charge in [0.15, 0.2) is 0 Å². The number of nitrogens with zero attached hydrogens (tertiary/aromatic N) is 2. The molecule has 2 aliphatic rings. The van der Waals surface area contributed by atoms with Crippen LogP contribution < -0.4 is 4.74 Å². The van der Waals surface area contributed by atoms with Crippen LogP contribution in [0.4, 0.5) is 0 Å². The van der Waals surface area contributed by atoms with E-state index in [1.54, 1.807) is 12.0 Å². The van der Waals surface area contributed by atoms with Crippen LogP contribution in [-0.4, -0.2) is 60.1 Å². The standard InChI is InChI=1S/C16H18N2O3S2/c1-20-13-5-3-2-4-12(13)10-14-15(19)18(16(22)23-14)11-17-6-8-21-9-7-17/h2-5,10H,6-9,11H2,1H3/b14-10+. The van der Waals surface area contributed by atoms with E-state index in [-0.39, 0.29) is 5.91 Å². The van der Waals surface area contributed by atoms with Crippen molar-refractivity contribution in [1.82, 2.24) is 9.80 Å². The quantitative estimate of drug-likeness (QED) is 0.613. The number of benzene rings is 1. The van der Waals surface area contributed by atoms with Crippen LogP contribution in [0.1, 0.15) is 5.56 Å². The number of thiocarbonyl (C=S) groups is 1. The molecule has 1 amide bonds. The molecule has 0 N–H and O–H groups in total. The summed E-state index contributed by atoms with van der Waals surface area (Å²) < 4.78 is 11.3. The molecule has 23 heavy (non-hydrogen) atoms. The maximum Gasteiger partial charge on any atom is 0.267 e. The van der Waals surface area contributed by atoms with Gasteiger partial charge in [0.2, 0.25) is 0 Å². The number of carbonyl (C=O) groups is 1. The van der Waals surface area contributed by atoms with E-state index in [9.17, 15) is 4.79 Å². The Morgan fingerprint density at radius 1 is 1.35 bits per heavy atom. The smallest absolute Gasteiger partial charge is 0.267 e. The second-order valence-corrected chi connectivity index (χ2v) is 6.90. The number of carbonyl (C=O) groups excluding carboxylic acids is 1. The third-order valence-corrected chi connectivity index (χ3v) is 5.12. The van der Waals surface area contributed by atoms with Crippen LogP contribution in [0.5, 0.6) is 5.75 Å². The number of morpholine rings is 1. The molecule has 0 bridgehead atoms. The molecular formula is C16H18N2O3S2. The van der Waals surface area contributed by atoms with E-state index < -0.39 is 0 Å². The predicted molar refractivity (Wildman–Crippen MR) is 95.3 cm³/mol. The fourth-order valence-electron chi connectivity index (χ4n) is 2.49. The first-order valence-corrected chi connectivity index (χ1v) is 8.60. The molecule has 3 rings (SSSR count). The summed E-state index contributed by atoms with van der Waals surface area (Å²) in [6, 6.07) is 7.62. The molecule has 2 aliphatic heterocycles. The lowest BCUT2D eigenvalue weighted by Gasteiger charge is -2.29. The molecule has 7 heteroatoms. The van der Waals surface area contributed by atoms with Crippen LogP contribution in [-0.2, 0) is 9.53 Å². The van der Waals surface area contributed by atoms with Gasteiger partial charge in [-0.1, -0.05) is 42.2 Å². The van der Waals surface area contributed by atoms with Crippen LogP contribution in [0.25, 0.3) is 6.08 Å². The van der Waals surface area contributed by atoms with Crippen molar-refractivity contribution in [3.63, 3.8) is 0 Å². The molecule has 0 saturated carbocycles. The highest BCUT2D eigenvalue weighted by atomic mass is 32.2. The molecule has 2 fully saturated rings. The van der Waals surface area contributed by atoms with Gasteiger partial charge in [-0.15, -0.1) is 0 Å². The van der Waals surface area contributed by atoms with Gasteiger partial charge in [0.25, 0.3) is 5.91 Å². The Labute approximate surface area is 145 Å². The number of rotatable bonds is 4. The highest BCUT2D eigenvalue weighted by molar-refractivity contribution is 8.26. The van der Waals surface area contributed by atoms with E-state index in [1.165, 1.54) is 11.8 Å². The van der Waals surface area contributed by atoms with Gasteiger partial charge >= 0.3 is 0 Å². The Morgan fingerprint density at radius 2 is 2.09 bits per heavy atom. The Morgan fingerprint density at radius 3 is 2.83 bits per heavy atom. The summed E-state index contributed by atoms with van der Waals surface area (Å²) in [6.07, 6.45) is 1.84. The molecule has 5 nitrogen and oxygen atoms in total. The number of hydrogen-bond donors (Lipinski definition) is 0. The van der Waals surface area contributed by atoms with Crippen LogP contribution in [0.15, 0.2) is 29.2 Å². The number of thioether (sulfide) groups is 1. The Bertz CT molecular complexity index is 642. The SMILES string of the molecule is COc1ccccc1/C=C1/SC(=S)N(CN2CCOCC2)C1=O. The van der Waals surface area contributed by atoms with Crippen molar-refractivity contribution in [3.05, 3.63) is 34.7 Å². The van der Waals surface area contributed by atoms with Gasteiger partial charge in [-0.2, -0.15) is 0 Å². The van der Waals surface area contributed by atoms with E-state index in [2.05, 4.69) is 4.90 Å². The molecule has 2 heterocycles. The molecule has 0 radical (unpaired) electrons. The molecule has 0 unspecified atom stereocenters. The van der Waals surface area contributed by atoms with Gasteiger partial charge in [-0.3, -0.25) is 14.6 Å². The van der Waals surface area contributed by atoms with Gasteiger partial charge < -0.3 is 9.47 Å². The van der Waals surface area contributed by atoms with Gasteiger partial charge in [0, 0.05) is 18.7 Å². The highest BCUT2D eigenvalue weighted by Gasteiger charge is 2.33. The third-order valence-electron chi connectivity index (χ3n) is 3.74. The Kier molecular flexibility index (Phi) is 5.32. The van der Waals surface area contributed by atoms with Crippen molar-refractivity contribution in [3.8, 4) is 5.75 Å². The molecule has 2 saturated heterocycles. The Hall–Kier alpha value is -1.41. The highest BCUT2D eigenvalue weighted by Crippen LogP contribution is 2.34. The van der Waals surface area contributed by atoms with E-state index in [0.29, 0.717) is 29.1 Å². The second kappa shape index (κ2) is 7.44. The zero-order valence-corrected chi connectivity index (χ0v) is 14.5. The summed E-state index contributed by atoms with van der Waals surface area (Å²) in [5.41, 5.74) is 0.877. The summed E-state index contributed by atoms with van der Waals surface area (Å²) in [6.45, 7) is 3.57. The zero-order valence-electron chi connectivity index (χ0n) is 12.9. The summed E-state index contributed by atoms with van der Waals surface area (Å²) >= 11 is 6.72. The topological polar surface area (TPSA) is 42.0 Å². The fraction of sp³-hybridized carbons (Fsp3) is 0.375. The minimum Gasteiger partial charge on any atom is -0.496 e. The molecule has 122 valence electrons. The molecular weight excluding hydrogens is 332 g/mol. The minimum absolute atomic E-state index is 0.0441. The second-order valence-electron chi connectivity index (χ2n) is 5.22. The summed E-state index contributed by atoms with van der Waals surface area (Å²) in [5, 5.41) is 0. The average Bonchev–Trinajstić information content (AvgIpc) is 2.84. The average molecular weight is 350 g/mol. The molecule has 0 aliphatic carbocycles. The number of para-hydroxylation sites is 1. The lowest BCUT2D eigenvalue weighted by Crippen LogP contribution is -2.45. The number of methoxy groups -OCH3 is 1. The molecule has 0 atom stereocenters. The largest absolute Gasteiger partial charge is 0.496 e. The lowest BCUT2D eigenvalue weighted by atomic mass is 10.2. The number of hydrogen-bond acceptors (Lipinski definition) is 6. The van der Waals surface area contributed by atoms with Crippen molar-refractivity contribution < 1.29 is 14.3 Å². The van der Waals surface area contributed by atoms with E-state index >= 15 is 0 Å². The van der Waals surface area contributed by atoms with Crippen molar-refractivity contribution in [1.29, 1.82) is 0 Å². The minimum atomic E-state index is -0.0441. The van der Waals surface area contributed by atoms with E-state index in [1.807, 2.05) is 30.3 Å². The van der Waals surface area contributed by atoms with E-state index in [0.717, 1.165) is 24.4 Å². The van der Waals surface area contributed by atoms with E-state index in [4.69, 9.17) is 21.7 Å². The molecule has 1 aromatic carbocycles. The van der Waals surface area contributed by atoms with Crippen molar-refractivity contribution in [2.24, 2.45) is 0 Å². The number of amides is 1. The van der Waals surface area contributed by atoms with Gasteiger partial charge in [0.1, 0.15) is 10.1 Å². The summed E-state index contributed by atoms with van der Waals surface area (Å²) in [4.78, 5) is 17.1. The van der Waals surface area contributed by atoms with Gasteiger partial charge in [-0.05, 0) is 12.1 Å².